The fraction of sp³-hybridized carbons (Fsp3) is 0.235. The Hall–Kier alpha value is -3.49. The quantitative estimate of drug-likeness (QED) is 0.438. The first-order valence-electron chi connectivity index (χ1n) is 7.95. The zero-order valence-corrected chi connectivity index (χ0v) is 14.5. The predicted molar refractivity (Wildman–Crippen MR) is 95.9 cm³/mol. The lowest BCUT2D eigenvalue weighted by Crippen LogP contribution is -2.26. The number of nitrogens with one attached hydrogen (secondary N) is 3. The van der Waals surface area contributed by atoms with E-state index in [1.54, 1.807) is 19.2 Å². The molecule has 136 valence electrons. The zero-order valence-electron chi connectivity index (χ0n) is 14.5. The predicted octanol–water partition coefficient (Wildman–Crippen LogP) is 1.30. The maximum Gasteiger partial charge on any atom is 0.287 e. The molecule has 0 spiro atoms. The Kier molecular flexibility index (Phi) is 6.60. The van der Waals surface area contributed by atoms with Gasteiger partial charge in [-0.15, -0.1) is 0 Å². The molecule has 0 aliphatic carbocycles. The van der Waals surface area contributed by atoms with Crippen LogP contribution in [0.4, 0.5) is 0 Å². The highest BCUT2D eigenvalue weighted by Crippen LogP contribution is 2.12. The lowest BCUT2D eigenvalue weighted by Gasteiger charge is -2.07. The number of carbonyl (C=O) groups excluding carboxylic acids is 2. The van der Waals surface area contributed by atoms with E-state index in [-0.39, 0.29) is 23.2 Å². The molecule has 4 N–H and O–H groups in total. The number of aromatic hydroxyl groups is 1. The number of hydrogen-bond donors (Lipinski definition) is 4. The third-order valence-electron chi connectivity index (χ3n) is 3.20. The third-order valence-corrected chi connectivity index (χ3v) is 3.20. The summed E-state index contributed by atoms with van der Waals surface area (Å²) in [5, 5.41) is 14.9. The van der Waals surface area contributed by atoms with Crippen molar-refractivity contribution in [2.24, 2.45) is 4.99 Å². The van der Waals surface area contributed by atoms with Crippen LogP contribution >= 0.6 is 0 Å². The molecule has 0 fully saturated rings. The number of carbonyl (C=O) groups is 2. The Morgan fingerprint density at radius 1 is 1.35 bits per heavy atom. The average Bonchev–Trinajstić information content (AvgIpc) is 3.05. The van der Waals surface area contributed by atoms with Gasteiger partial charge >= 0.3 is 0 Å². The van der Waals surface area contributed by atoms with Crippen LogP contribution in [0.2, 0.25) is 0 Å². The Morgan fingerprint density at radius 2 is 2.15 bits per heavy atom. The summed E-state index contributed by atoms with van der Waals surface area (Å²) in [6.07, 6.45) is 6.60. The first-order chi connectivity index (χ1) is 12.5. The van der Waals surface area contributed by atoms with Crippen LogP contribution in [0.25, 0.3) is 0 Å². The van der Waals surface area contributed by atoms with Crippen molar-refractivity contribution in [3.63, 3.8) is 0 Å². The molecule has 9 heteroatoms. The minimum atomic E-state index is -0.574. The second-order valence-corrected chi connectivity index (χ2v) is 5.26. The smallest absolute Gasteiger partial charge is 0.287 e. The highest BCUT2D eigenvalue weighted by molar-refractivity contribution is 5.95. The van der Waals surface area contributed by atoms with Crippen LogP contribution in [0, 0.1) is 6.92 Å². The van der Waals surface area contributed by atoms with Gasteiger partial charge in [0.25, 0.3) is 11.8 Å². The number of amides is 2. The van der Waals surface area contributed by atoms with E-state index in [0.717, 1.165) is 5.69 Å². The van der Waals surface area contributed by atoms with Gasteiger partial charge in [-0.2, -0.15) is 0 Å². The van der Waals surface area contributed by atoms with Gasteiger partial charge in [-0.25, -0.2) is 15.0 Å². The SMILES string of the molecule is CC=N/C(=C\CCNC(=O)c1ncc(C)[nH]1)NC(=O)c1ncccc1O. The second-order valence-electron chi connectivity index (χ2n) is 5.26. The molecule has 2 heterocycles. The summed E-state index contributed by atoms with van der Waals surface area (Å²) in [5.41, 5.74) is 0.710. The number of H-pyrrole nitrogens is 1. The molecule has 2 aromatic rings. The summed E-state index contributed by atoms with van der Waals surface area (Å²) in [6.45, 7) is 3.86. The molecule has 2 amide bonds. The number of aromatic nitrogens is 3. The zero-order chi connectivity index (χ0) is 18.9. The fourth-order valence-electron chi connectivity index (χ4n) is 2.03. The Morgan fingerprint density at radius 3 is 2.81 bits per heavy atom. The summed E-state index contributed by atoms with van der Waals surface area (Å²) in [5.74, 6) is -0.557. The van der Waals surface area contributed by atoms with E-state index >= 15 is 0 Å². The lowest BCUT2D eigenvalue weighted by atomic mass is 10.3. The van der Waals surface area contributed by atoms with Crippen LogP contribution in [0.15, 0.2) is 41.4 Å². The van der Waals surface area contributed by atoms with E-state index in [0.29, 0.717) is 18.8 Å². The number of aryl methyl sites for hydroxylation is 1. The minimum absolute atomic E-state index is 0.0915. The largest absolute Gasteiger partial charge is 0.505 e. The van der Waals surface area contributed by atoms with Gasteiger partial charge in [-0.3, -0.25) is 9.59 Å². The molecular weight excluding hydrogens is 336 g/mol. The third kappa shape index (κ3) is 5.26. The monoisotopic (exact) mass is 356 g/mol. The molecule has 0 saturated carbocycles. The molecule has 0 radical (unpaired) electrons. The van der Waals surface area contributed by atoms with Crippen LogP contribution in [0.1, 0.15) is 40.1 Å². The highest BCUT2D eigenvalue weighted by Gasteiger charge is 2.13. The molecule has 0 aliphatic rings. The van der Waals surface area contributed by atoms with E-state index in [1.807, 2.05) is 6.92 Å². The summed E-state index contributed by atoms with van der Waals surface area (Å²) in [6, 6.07) is 2.90. The van der Waals surface area contributed by atoms with E-state index in [2.05, 4.69) is 30.6 Å². The van der Waals surface area contributed by atoms with Crippen LogP contribution in [-0.2, 0) is 0 Å². The number of aromatic amines is 1. The fourth-order valence-corrected chi connectivity index (χ4v) is 2.03. The average molecular weight is 356 g/mol. The summed E-state index contributed by atoms with van der Waals surface area (Å²) in [7, 11) is 0. The number of aliphatic imine (C=N–C) groups is 1. The molecule has 0 saturated heterocycles. The van der Waals surface area contributed by atoms with Crippen molar-refractivity contribution in [3.8, 4) is 5.75 Å². The van der Waals surface area contributed by atoms with Gasteiger partial charge < -0.3 is 20.7 Å². The van der Waals surface area contributed by atoms with Crippen molar-refractivity contribution in [1.82, 2.24) is 25.6 Å². The first-order valence-corrected chi connectivity index (χ1v) is 7.95. The summed E-state index contributed by atoms with van der Waals surface area (Å²) >= 11 is 0. The van der Waals surface area contributed by atoms with Crippen LogP contribution < -0.4 is 10.6 Å². The normalized spacial score (nSPS) is 11.5. The van der Waals surface area contributed by atoms with Crippen molar-refractivity contribution >= 4 is 18.0 Å². The van der Waals surface area contributed by atoms with E-state index in [4.69, 9.17) is 0 Å². The van der Waals surface area contributed by atoms with E-state index in [1.165, 1.54) is 24.5 Å². The topological polar surface area (TPSA) is 132 Å². The number of nitrogens with zero attached hydrogens (tertiary/aromatic N) is 3. The van der Waals surface area contributed by atoms with Crippen LogP contribution in [-0.4, -0.2) is 44.6 Å². The molecule has 0 bridgehead atoms. The Bertz CT molecular complexity index is 841. The maximum absolute atomic E-state index is 12.1. The van der Waals surface area contributed by atoms with Crippen LogP contribution in [0.3, 0.4) is 0 Å². The molecular formula is C17H20N6O3. The number of imidazole rings is 1. The van der Waals surface area contributed by atoms with Crippen molar-refractivity contribution in [2.75, 3.05) is 6.54 Å². The maximum atomic E-state index is 12.1. The molecule has 0 aliphatic heterocycles. The minimum Gasteiger partial charge on any atom is -0.505 e. The van der Waals surface area contributed by atoms with Gasteiger partial charge in [0.1, 0.15) is 11.6 Å². The van der Waals surface area contributed by atoms with Crippen molar-refractivity contribution in [2.45, 2.75) is 20.3 Å². The van der Waals surface area contributed by atoms with Crippen molar-refractivity contribution < 1.29 is 14.7 Å². The highest BCUT2D eigenvalue weighted by atomic mass is 16.3. The summed E-state index contributed by atoms with van der Waals surface area (Å²) in [4.78, 5) is 38.7. The van der Waals surface area contributed by atoms with Crippen LogP contribution in [0.5, 0.6) is 5.75 Å². The number of pyridine rings is 1. The van der Waals surface area contributed by atoms with Crippen molar-refractivity contribution in [1.29, 1.82) is 0 Å². The molecule has 0 atom stereocenters. The molecule has 2 rings (SSSR count). The molecule has 2 aromatic heterocycles. The van der Waals surface area contributed by atoms with Gasteiger partial charge in [-0.1, -0.05) is 0 Å². The van der Waals surface area contributed by atoms with Gasteiger partial charge in [-0.05, 0) is 38.5 Å². The first kappa shape index (κ1) is 18.8. The molecule has 0 unspecified atom stereocenters. The number of hydrogen-bond acceptors (Lipinski definition) is 6. The second kappa shape index (κ2) is 9.11. The van der Waals surface area contributed by atoms with Gasteiger partial charge in [0, 0.05) is 30.8 Å². The summed E-state index contributed by atoms with van der Waals surface area (Å²) < 4.78 is 0. The lowest BCUT2D eigenvalue weighted by molar-refractivity contribution is 0.0939. The number of rotatable bonds is 7. The molecule has 0 aromatic carbocycles. The van der Waals surface area contributed by atoms with Gasteiger partial charge in [0.15, 0.2) is 11.5 Å². The van der Waals surface area contributed by atoms with Gasteiger partial charge in [0.2, 0.25) is 0 Å². The molecule has 9 nitrogen and oxygen atoms in total. The van der Waals surface area contributed by atoms with Crippen molar-refractivity contribution in [3.05, 3.63) is 53.6 Å². The molecule has 26 heavy (non-hydrogen) atoms. The standard InChI is InChI=1S/C17H20N6O3/c1-3-18-13(23-16(25)14-12(24)6-4-8-19-14)7-5-9-20-17(26)15-21-10-11(2)22-15/h3-4,6-8,10,24H,5,9H2,1-2H3,(H,20,26)(H,21,22)(H,23,25)/b13-7+,18-3?. The van der Waals surface area contributed by atoms with Gasteiger partial charge in [0.05, 0.1) is 0 Å². The Balaban J connectivity index is 1.91. The Labute approximate surface area is 150 Å². The van der Waals surface area contributed by atoms with E-state index < -0.39 is 5.91 Å². The van der Waals surface area contributed by atoms with E-state index in [9.17, 15) is 14.7 Å².